The smallest absolute Gasteiger partial charge is 0.192 e. The fourth-order valence-corrected chi connectivity index (χ4v) is 0.0630. The number of aliphatic hydroxyl groups is 1. The minimum absolute atomic E-state index is 0.359. The molecule has 0 spiro atoms. The van der Waals surface area contributed by atoms with E-state index in [1.807, 2.05) is 0 Å². The summed E-state index contributed by atoms with van der Waals surface area (Å²) in [7, 11) is 0. The van der Waals surface area contributed by atoms with Crippen LogP contribution < -0.4 is 0 Å². The summed E-state index contributed by atoms with van der Waals surface area (Å²) in [4.78, 5) is 0. The summed E-state index contributed by atoms with van der Waals surface area (Å²) >= 11 is 0. The van der Waals surface area contributed by atoms with Crippen LogP contribution >= 0.6 is 0 Å². The van der Waals surface area contributed by atoms with Crippen LogP contribution in [0.1, 0.15) is 0 Å². The molecule has 0 rings (SSSR count). The van der Waals surface area contributed by atoms with E-state index in [2.05, 4.69) is 6.58 Å². The molecule has 0 bridgehead atoms. The number of rotatable bonds is 1. The summed E-state index contributed by atoms with van der Waals surface area (Å²) in [6, 6.07) is 0. The molecule has 0 aliphatic heterocycles. The molecule has 0 aliphatic rings. The Bertz CT molecular complexity index is 106. The zero-order valence-corrected chi connectivity index (χ0v) is 3.49. The Morgan fingerprint density at radius 2 is 2.14 bits per heavy atom. The largest absolute Gasteiger partial charge is 0.505 e. The van der Waals surface area contributed by atoms with E-state index in [4.69, 9.17) is 5.11 Å². The molecule has 0 atom stereocenters. The second-order valence-electron chi connectivity index (χ2n) is 0.904. The molecule has 0 radical (unpaired) electrons. The monoisotopic (exact) mass is 106 g/mol. The average molecular weight is 106 g/mol. The Labute approximate surface area is 39.6 Å². The maximum Gasteiger partial charge on any atom is 0.192 e. The molecule has 1 N–H and O–H groups in total. The van der Waals surface area contributed by atoms with Crippen molar-refractivity contribution in [2.45, 2.75) is 0 Å². The average Bonchev–Trinajstić information content (AvgIpc) is 1.65. The highest BCUT2D eigenvalue weighted by Gasteiger charge is 1.93. The summed E-state index contributed by atoms with van der Waals surface area (Å²) in [5.74, 6) is -2.22. The zero-order chi connectivity index (χ0) is 5.86. The number of allylic oxidation sites excluding steroid dienone is 1. The van der Waals surface area contributed by atoms with Gasteiger partial charge in [-0.1, -0.05) is 6.58 Å². The van der Waals surface area contributed by atoms with Crippen LogP contribution in [0, 0.1) is 0 Å². The third-order valence-corrected chi connectivity index (χ3v) is 0.371. The molecule has 0 fully saturated rings. The molecular formula is C4H4F2O. The van der Waals surface area contributed by atoms with E-state index in [9.17, 15) is 8.78 Å². The minimum Gasteiger partial charge on any atom is -0.505 e. The fourth-order valence-electron chi connectivity index (χ4n) is 0.0630. The number of halogens is 2. The van der Waals surface area contributed by atoms with Gasteiger partial charge in [0.05, 0.1) is 0 Å². The highest BCUT2D eigenvalue weighted by Crippen LogP contribution is 2.03. The molecule has 7 heavy (non-hydrogen) atoms. The van der Waals surface area contributed by atoms with Crippen LogP contribution in [0.2, 0.25) is 0 Å². The first-order valence-electron chi connectivity index (χ1n) is 1.52. The SMILES string of the molecule is C=C(O)/C(F)=C/F. The second-order valence-corrected chi connectivity index (χ2v) is 0.904. The van der Waals surface area contributed by atoms with Crippen LogP contribution in [0.25, 0.3) is 0 Å². The van der Waals surface area contributed by atoms with Crippen LogP contribution in [0.5, 0.6) is 0 Å². The van der Waals surface area contributed by atoms with E-state index in [1.165, 1.54) is 0 Å². The number of aliphatic hydroxyl groups excluding tert-OH is 1. The molecule has 0 saturated carbocycles. The lowest BCUT2D eigenvalue weighted by Gasteiger charge is -1.84. The summed E-state index contributed by atoms with van der Waals surface area (Å²) in [6.45, 7) is 2.70. The van der Waals surface area contributed by atoms with Crippen molar-refractivity contribution in [1.29, 1.82) is 0 Å². The van der Waals surface area contributed by atoms with E-state index in [0.717, 1.165) is 0 Å². The summed E-state index contributed by atoms with van der Waals surface area (Å²) in [6.07, 6.45) is -0.359. The van der Waals surface area contributed by atoms with Crippen molar-refractivity contribution in [3.8, 4) is 0 Å². The van der Waals surface area contributed by atoms with E-state index < -0.39 is 11.6 Å². The van der Waals surface area contributed by atoms with Gasteiger partial charge in [0.15, 0.2) is 5.83 Å². The molecule has 0 unspecified atom stereocenters. The Kier molecular flexibility index (Phi) is 2.05. The maximum atomic E-state index is 11.4. The van der Waals surface area contributed by atoms with E-state index in [1.54, 1.807) is 0 Å². The normalized spacial score (nSPS) is 11.4. The predicted octanol–water partition coefficient (Wildman–Crippen LogP) is 1.84. The van der Waals surface area contributed by atoms with Crippen molar-refractivity contribution >= 4 is 0 Å². The van der Waals surface area contributed by atoms with E-state index >= 15 is 0 Å². The highest BCUT2D eigenvalue weighted by molar-refractivity contribution is 5.10. The van der Waals surface area contributed by atoms with Crippen LogP contribution in [0.15, 0.2) is 24.5 Å². The van der Waals surface area contributed by atoms with Gasteiger partial charge in [-0.25, -0.2) is 8.78 Å². The second kappa shape index (κ2) is 2.34. The molecule has 0 aromatic rings. The predicted molar refractivity (Wildman–Crippen MR) is 22.1 cm³/mol. The first kappa shape index (κ1) is 6.14. The molecule has 0 heterocycles. The van der Waals surface area contributed by atoms with Gasteiger partial charge in [0.1, 0.15) is 12.1 Å². The maximum absolute atomic E-state index is 11.4. The highest BCUT2D eigenvalue weighted by atomic mass is 19.2. The Hall–Kier alpha value is -0.860. The topological polar surface area (TPSA) is 20.2 Å². The quantitative estimate of drug-likeness (QED) is 0.399. The number of hydrogen-bond acceptors (Lipinski definition) is 1. The first-order chi connectivity index (χ1) is 3.18. The van der Waals surface area contributed by atoms with Gasteiger partial charge in [0, 0.05) is 0 Å². The molecule has 0 aromatic carbocycles. The van der Waals surface area contributed by atoms with Gasteiger partial charge >= 0.3 is 0 Å². The zero-order valence-electron chi connectivity index (χ0n) is 3.49. The van der Waals surface area contributed by atoms with Crippen molar-refractivity contribution in [3.05, 3.63) is 24.5 Å². The van der Waals surface area contributed by atoms with Crippen LogP contribution in [0.3, 0.4) is 0 Å². The van der Waals surface area contributed by atoms with Gasteiger partial charge in [-0.2, -0.15) is 0 Å². The fraction of sp³-hybridized carbons (Fsp3) is 0. The molecule has 0 aromatic heterocycles. The lowest BCUT2D eigenvalue weighted by molar-refractivity contribution is 0.386. The lowest BCUT2D eigenvalue weighted by atomic mass is 10.5. The molecular weight excluding hydrogens is 102 g/mol. The van der Waals surface area contributed by atoms with Crippen LogP contribution in [0.4, 0.5) is 8.78 Å². The van der Waals surface area contributed by atoms with Crippen molar-refractivity contribution in [2.75, 3.05) is 0 Å². The van der Waals surface area contributed by atoms with Crippen molar-refractivity contribution in [3.63, 3.8) is 0 Å². The van der Waals surface area contributed by atoms with Crippen molar-refractivity contribution < 1.29 is 13.9 Å². The molecule has 1 nitrogen and oxygen atoms in total. The van der Waals surface area contributed by atoms with Gasteiger partial charge in [-0.15, -0.1) is 0 Å². The van der Waals surface area contributed by atoms with Crippen molar-refractivity contribution in [1.82, 2.24) is 0 Å². The summed E-state index contributed by atoms with van der Waals surface area (Å²) in [5.41, 5.74) is 0. The lowest BCUT2D eigenvalue weighted by Crippen LogP contribution is -1.73. The molecule has 3 heteroatoms. The van der Waals surface area contributed by atoms with Crippen molar-refractivity contribution in [2.24, 2.45) is 0 Å². The molecule has 0 saturated heterocycles. The van der Waals surface area contributed by atoms with E-state index in [0.29, 0.717) is 0 Å². The van der Waals surface area contributed by atoms with Gasteiger partial charge in [-0.3, -0.25) is 0 Å². The minimum atomic E-state index is -1.33. The Balaban J connectivity index is 3.82. The Morgan fingerprint density at radius 3 is 2.14 bits per heavy atom. The molecule has 0 aliphatic carbocycles. The van der Waals surface area contributed by atoms with E-state index in [-0.39, 0.29) is 6.33 Å². The molecule has 40 valence electrons. The standard InChI is InChI=1S/C4H4F2O/c1-3(7)4(6)2-5/h2,7H,1H2/b4-2-. The first-order valence-corrected chi connectivity index (χ1v) is 1.52. The van der Waals surface area contributed by atoms with Gasteiger partial charge in [0.25, 0.3) is 0 Å². The van der Waals surface area contributed by atoms with Crippen LogP contribution in [-0.4, -0.2) is 5.11 Å². The van der Waals surface area contributed by atoms with Gasteiger partial charge in [-0.05, 0) is 0 Å². The third kappa shape index (κ3) is 1.92. The number of hydrogen-bond donors (Lipinski definition) is 1. The molecule has 0 amide bonds. The summed E-state index contributed by atoms with van der Waals surface area (Å²) in [5, 5.41) is 7.94. The van der Waals surface area contributed by atoms with Crippen LogP contribution in [-0.2, 0) is 0 Å². The van der Waals surface area contributed by atoms with Gasteiger partial charge in [0.2, 0.25) is 0 Å². The van der Waals surface area contributed by atoms with Gasteiger partial charge < -0.3 is 5.11 Å². The Morgan fingerprint density at radius 1 is 1.71 bits per heavy atom. The third-order valence-electron chi connectivity index (χ3n) is 0.371. The summed E-state index contributed by atoms with van der Waals surface area (Å²) < 4.78 is 22.3.